The van der Waals surface area contributed by atoms with E-state index in [4.69, 9.17) is 0 Å². The van der Waals surface area contributed by atoms with Crippen molar-refractivity contribution in [3.05, 3.63) is 29.3 Å². The molecule has 1 amide bonds. The maximum absolute atomic E-state index is 12.6. The first-order chi connectivity index (χ1) is 13.4. The molecule has 1 atom stereocenters. The molecule has 0 saturated carbocycles. The van der Waals surface area contributed by atoms with Crippen molar-refractivity contribution in [1.29, 1.82) is 0 Å². The highest BCUT2D eigenvalue weighted by Gasteiger charge is 2.26. The molecular weight excluding hydrogens is 493 g/mol. The average Bonchev–Trinajstić information content (AvgIpc) is 3.08. The molecule has 1 aromatic rings. The van der Waals surface area contributed by atoms with E-state index in [9.17, 15) is 13.6 Å². The standard InChI is InChI=1S/C20H30F2N4O2.HI/c1-4-16(26-11-5-6-18(26)27)9-10-24-20(23-3)25-13-15-12-14(2)7-8-17(15)28-19(21)22;/h7-8,12,16,19H,4-6,9-11,13H2,1-3H3,(H2,23,24,25);1H. The predicted molar refractivity (Wildman–Crippen MR) is 121 cm³/mol. The van der Waals surface area contributed by atoms with Gasteiger partial charge in [0.25, 0.3) is 0 Å². The summed E-state index contributed by atoms with van der Waals surface area (Å²) in [5, 5.41) is 6.36. The van der Waals surface area contributed by atoms with Gasteiger partial charge in [-0.1, -0.05) is 24.6 Å². The van der Waals surface area contributed by atoms with Crippen LogP contribution in [0.25, 0.3) is 0 Å². The van der Waals surface area contributed by atoms with Gasteiger partial charge in [-0.2, -0.15) is 8.78 Å². The van der Waals surface area contributed by atoms with Crippen molar-refractivity contribution in [1.82, 2.24) is 15.5 Å². The summed E-state index contributed by atoms with van der Waals surface area (Å²) in [6.07, 6.45) is 3.32. The lowest BCUT2D eigenvalue weighted by atomic mass is 10.1. The summed E-state index contributed by atoms with van der Waals surface area (Å²) in [6, 6.07) is 5.32. The Morgan fingerprint density at radius 3 is 2.69 bits per heavy atom. The highest BCUT2D eigenvalue weighted by atomic mass is 127. The van der Waals surface area contributed by atoms with Gasteiger partial charge in [0.15, 0.2) is 5.96 Å². The minimum atomic E-state index is -2.86. The summed E-state index contributed by atoms with van der Waals surface area (Å²) in [5.41, 5.74) is 1.60. The van der Waals surface area contributed by atoms with Crippen LogP contribution in [0.15, 0.2) is 23.2 Å². The molecule has 0 spiro atoms. The van der Waals surface area contributed by atoms with Crippen molar-refractivity contribution in [3.63, 3.8) is 0 Å². The van der Waals surface area contributed by atoms with E-state index < -0.39 is 6.61 Å². The van der Waals surface area contributed by atoms with Crippen LogP contribution in [0.2, 0.25) is 0 Å². The van der Waals surface area contributed by atoms with Gasteiger partial charge >= 0.3 is 6.61 Å². The molecule has 0 bridgehead atoms. The molecule has 1 fully saturated rings. The zero-order chi connectivity index (χ0) is 20.5. The second-order valence-corrected chi connectivity index (χ2v) is 6.88. The van der Waals surface area contributed by atoms with Gasteiger partial charge in [0.2, 0.25) is 5.91 Å². The summed E-state index contributed by atoms with van der Waals surface area (Å²) < 4.78 is 29.8. The summed E-state index contributed by atoms with van der Waals surface area (Å²) in [4.78, 5) is 18.1. The van der Waals surface area contributed by atoms with Crippen molar-refractivity contribution in [3.8, 4) is 5.75 Å². The number of benzene rings is 1. The number of carbonyl (C=O) groups excluding carboxylic acids is 1. The van der Waals surface area contributed by atoms with E-state index >= 15 is 0 Å². The molecule has 1 aliphatic rings. The van der Waals surface area contributed by atoms with Crippen LogP contribution in [0.3, 0.4) is 0 Å². The number of nitrogens with one attached hydrogen (secondary N) is 2. The number of hydrogen-bond donors (Lipinski definition) is 2. The third-order valence-corrected chi connectivity index (χ3v) is 4.89. The topological polar surface area (TPSA) is 66.0 Å². The molecule has 1 unspecified atom stereocenters. The largest absolute Gasteiger partial charge is 0.434 e. The van der Waals surface area contributed by atoms with Gasteiger partial charge in [-0.25, -0.2) is 0 Å². The first-order valence-corrected chi connectivity index (χ1v) is 9.73. The fourth-order valence-corrected chi connectivity index (χ4v) is 3.45. The summed E-state index contributed by atoms with van der Waals surface area (Å²) in [5.74, 6) is 0.967. The Hall–Kier alpha value is -1.65. The molecule has 2 N–H and O–H groups in total. The number of carbonyl (C=O) groups is 1. The van der Waals surface area contributed by atoms with Gasteiger partial charge in [0.05, 0.1) is 0 Å². The minimum Gasteiger partial charge on any atom is -0.434 e. The number of halogens is 3. The number of rotatable bonds is 9. The zero-order valence-corrected chi connectivity index (χ0v) is 19.5. The maximum atomic E-state index is 12.6. The van der Waals surface area contributed by atoms with E-state index in [2.05, 4.69) is 27.3 Å². The van der Waals surface area contributed by atoms with Crippen LogP contribution in [0, 0.1) is 6.92 Å². The Morgan fingerprint density at radius 2 is 2.10 bits per heavy atom. The van der Waals surface area contributed by atoms with Crippen LogP contribution in [-0.4, -0.2) is 49.6 Å². The molecule has 6 nitrogen and oxygen atoms in total. The molecule has 1 aromatic carbocycles. The molecule has 29 heavy (non-hydrogen) atoms. The van der Waals surface area contributed by atoms with Gasteiger partial charge in [0, 0.05) is 44.7 Å². The van der Waals surface area contributed by atoms with Gasteiger partial charge in [-0.05, 0) is 32.3 Å². The highest BCUT2D eigenvalue weighted by molar-refractivity contribution is 14.0. The number of aliphatic imine (C=N–C) groups is 1. The molecule has 0 aliphatic carbocycles. The first-order valence-electron chi connectivity index (χ1n) is 9.73. The lowest BCUT2D eigenvalue weighted by molar-refractivity contribution is -0.129. The quantitative estimate of drug-likeness (QED) is 0.294. The van der Waals surface area contributed by atoms with Crippen molar-refractivity contribution < 1.29 is 18.3 Å². The lowest BCUT2D eigenvalue weighted by Crippen LogP contribution is -2.41. The third-order valence-electron chi connectivity index (χ3n) is 4.89. The van der Waals surface area contributed by atoms with Crippen molar-refractivity contribution >= 4 is 35.8 Å². The van der Waals surface area contributed by atoms with Crippen LogP contribution in [0.1, 0.15) is 43.7 Å². The van der Waals surface area contributed by atoms with E-state index in [1.54, 1.807) is 19.2 Å². The molecule has 1 aliphatic heterocycles. The molecule has 9 heteroatoms. The Labute approximate surface area is 188 Å². The Balaban J connectivity index is 0.00000420. The number of likely N-dealkylation sites (tertiary alicyclic amines) is 1. The highest BCUT2D eigenvalue weighted by Crippen LogP contribution is 2.22. The van der Waals surface area contributed by atoms with E-state index in [0.717, 1.165) is 31.4 Å². The second kappa shape index (κ2) is 12.8. The first kappa shape index (κ1) is 25.4. The van der Waals surface area contributed by atoms with Gasteiger partial charge in [0.1, 0.15) is 5.75 Å². The van der Waals surface area contributed by atoms with E-state index in [1.807, 2.05) is 17.9 Å². The van der Waals surface area contributed by atoms with E-state index in [-0.39, 0.29) is 41.7 Å². The summed E-state index contributed by atoms with van der Waals surface area (Å²) in [6.45, 7) is 2.93. The summed E-state index contributed by atoms with van der Waals surface area (Å²) in [7, 11) is 1.66. The molecule has 2 rings (SSSR count). The zero-order valence-electron chi connectivity index (χ0n) is 17.2. The van der Waals surface area contributed by atoms with Crippen molar-refractivity contribution in [2.24, 2.45) is 4.99 Å². The Bertz CT molecular complexity index is 688. The smallest absolute Gasteiger partial charge is 0.387 e. The number of aryl methyl sites for hydroxylation is 1. The van der Waals surface area contributed by atoms with Crippen molar-refractivity contribution in [2.45, 2.75) is 58.7 Å². The van der Waals surface area contributed by atoms with Gasteiger partial charge in [-0.15, -0.1) is 24.0 Å². The normalized spacial score (nSPS) is 15.3. The third kappa shape index (κ3) is 7.94. The SMILES string of the molecule is CCC(CCNC(=NC)NCc1cc(C)ccc1OC(F)F)N1CCCC1=O.I. The van der Waals surface area contributed by atoms with E-state index in [1.165, 1.54) is 0 Å². The molecule has 1 heterocycles. The van der Waals surface area contributed by atoms with Crippen LogP contribution in [0.5, 0.6) is 5.75 Å². The minimum absolute atomic E-state index is 0. The monoisotopic (exact) mass is 524 g/mol. The number of ether oxygens (including phenoxy) is 1. The predicted octanol–water partition coefficient (Wildman–Crippen LogP) is 3.67. The summed E-state index contributed by atoms with van der Waals surface area (Å²) >= 11 is 0. The Morgan fingerprint density at radius 1 is 1.34 bits per heavy atom. The number of nitrogens with zero attached hydrogens (tertiary/aromatic N) is 2. The molecule has 164 valence electrons. The van der Waals surface area contributed by atoms with Crippen LogP contribution in [0.4, 0.5) is 8.78 Å². The second-order valence-electron chi connectivity index (χ2n) is 6.88. The average molecular weight is 524 g/mol. The molecule has 0 aromatic heterocycles. The fourth-order valence-electron chi connectivity index (χ4n) is 3.45. The lowest BCUT2D eigenvalue weighted by Gasteiger charge is -2.27. The molecule has 0 radical (unpaired) electrons. The fraction of sp³-hybridized carbons (Fsp3) is 0.600. The molecular formula is C20H31F2IN4O2. The van der Waals surface area contributed by atoms with Crippen LogP contribution in [-0.2, 0) is 11.3 Å². The maximum Gasteiger partial charge on any atom is 0.387 e. The van der Waals surface area contributed by atoms with Crippen LogP contribution < -0.4 is 15.4 Å². The number of alkyl halides is 2. The van der Waals surface area contributed by atoms with Gasteiger partial charge in [-0.3, -0.25) is 9.79 Å². The van der Waals surface area contributed by atoms with Gasteiger partial charge < -0.3 is 20.3 Å². The van der Waals surface area contributed by atoms with Crippen LogP contribution >= 0.6 is 24.0 Å². The number of amides is 1. The van der Waals surface area contributed by atoms with Crippen molar-refractivity contribution in [2.75, 3.05) is 20.1 Å². The number of guanidine groups is 1. The number of hydrogen-bond acceptors (Lipinski definition) is 3. The molecule has 1 saturated heterocycles. The van der Waals surface area contributed by atoms with E-state index in [0.29, 0.717) is 31.0 Å². The Kier molecular flexibility index (Phi) is 11.2.